The van der Waals surface area contributed by atoms with E-state index in [4.69, 9.17) is 4.74 Å². The molecule has 4 rings (SSSR count). The van der Waals surface area contributed by atoms with E-state index in [0.717, 1.165) is 52.0 Å². The predicted octanol–water partition coefficient (Wildman–Crippen LogP) is 5.24. The van der Waals surface area contributed by atoms with E-state index < -0.39 is 5.60 Å². The summed E-state index contributed by atoms with van der Waals surface area (Å²) in [4.78, 5) is 16.9. The fraction of sp³-hybridized carbons (Fsp3) is 0.536. The number of amides is 1. The second-order valence-electron chi connectivity index (χ2n) is 10.9. The standard InChI is InChI=1S/C28H40N4O2/c1-28(2,3)34-27(33)29-22-10-8-16-31(20-22)19-21-13-14-26-24(18-21)23-11-6-7-12-25(23)32(26)17-9-15-30(4)5/h6-7,11-14,18,22H,8-10,15-17,19-20H2,1-5H3,(H,29,33). The number of fused-ring (bicyclic) bond motifs is 3. The molecular formula is C28H40N4O2. The summed E-state index contributed by atoms with van der Waals surface area (Å²) in [6.07, 6.45) is 2.88. The highest BCUT2D eigenvalue weighted by Gasteiger charge is 2.24. The van der Waals surface area contributed by atoms with Crippen LogP contribution in [0.25, 0.3) is 21.8 Å². The Morgan fingerprint density at radius 3 is 2.65 bits per heavy atom. The number of aryl methyl sites for hydroxylation is 1. The van der Waals surface area contributed by atoms with Crippen molar-refractivity contribution in [3.05, 3.63) is 48.0 Å². The topological polar surface area (TPSA) is 49.7 Å². The van der Waals surface area contributed by atoms with Crippen LogP contribution in [0.2, 0.25) is 0 Å². The molecule has 1 fully saturated rings. The second kappa shape index (κ2) is 10.4. The molecule has 0 aliphatic carbocycles. The van der Waals surface area contributed by atoms with Crippen LogP contribution in [0, 0.1) is 0 Å². The summed E-state index contributed by atoms with van der Waals surface area (Å²) < 4.78 is 7.92. The van der Waals surface area contributed by atoms with Crippen LogP contribution in [-0.2, 0) is 17.8 Å². The van der Waals surface area contributed by atoms with Crippen molar-refractivity contribution in [2.75, 3.05) is 33.7 Å². The summed E-state index contributed by atoms with van der Waals surface area (Å²) in [6.45, 7) is 10.6. The molecule has 1 saturated heterocycles. The minimum Gasteiger partial charge on any atom is -0.444 e. The van der Waals surface area contributed by atoms with Crippen LogP contribution < -0.4 is 5.32 Å². The third-order valence-corrected chi connectivity index (χ3v) is 6.46. The first-order valence-corrected chi connectivity index (χ1v) is 12.6. The van der Waals surface area contributed by atoms with Crippen LogP contribution in [-0.4, -0.2) is 65.8 Å². The molecule has 0 radical (unpaired) electrons. The lowest BCUT2D eigenvalue weighted by atomic mass is 10.0. The predicted molar refractivity (Wildman–Crippen MR) is 140 cm³/mol. The Hall–Kier alpha value is -2.57. The van der Waals surface area contributed by atoms with Gasteiger partial charge in [0.25, 0.3) is 0 Å². The highest BCUT2D eigenvalue weighted by Crippen LogP contribution is 2.30. The third kappa shape index (κ3) is 6.10. The molecule has 3 aromatic rings. The van der Waals surface area contributed by atoms with Gasteiger partial charge in [0.2, 0.25) is 0 Å². The number of hydrogen-bond donors (Lipinski definition) is 1. The van der Waals surface area contributed by atoms with Gasteiger partial charge in [0.05, 0.1) is 0 Å². The van der Waals surface area contributed by atoms with Gasteiger partial charge in [-0.05, 0) is 91.0 Å². The first kappa shape index (κ1) is 24.6. The molecule has 1 atom stereocenters. The fourth-order valence-electron chi connectivity index (χ4n) is 5.03. The fourth-order valence-corrected chi connectivity index (χ4v) is 5.03. The maximum Gasteiger partial charge on any atom is 0.407 e. The van der Waals surface area contributed by atoms with Crippen LogP contribution in [0.5, 0.6) is 0 Å². The first-order valence-electron chi connectivity index (χ1n) is 12.6. The Balaban J connectivity index is 1.48. The molecule has 184 valence electrons. The van der Waals surface area contributed by atoms with Gasteiger partial charge in [-0.15, -0.1) is 0 Å². The molecule has 6 nitrogen and oxygen atoms in total. The zero-order chi connectivity index (χ0) is 24.3. The summed E-state index contributed by atoms with van der Waals surface area (Å²) in [5.74, 6) is 0. The van der Waals surface area contributed by atoms with Crippen LogP contribution in [0.4, 0.5) is 4.79 Å². The molecule has 1 amide bonds. The van der Waals surface area contributed by atoms with E-state index in [1.165, 1.54) is 27.4 Å². The number of carbonyl (C=O) groups is 1. The van der Waals surface area contributed by atoms with Crippen molar-refractivity contribution in [1.82, 2.24) is 19.7 Å². The lowest BCUT2D eigenvalue weighted by molar-refractivity contribution is 0.0470. The Kier molecular flexibility index (Phi) is 7.48. The van der Waals surface area contributed by atoms with Crippen molar-refractivity contribution in [1.29, 1.82) is 0 Å². The van der Waals surface area contributed by atoms with Crippen LogP contribution >= 0.6 is 0 Å². The SMILES string of the molecule is CN(C)CCCn1c2ccccc2c2cc(CN3CCCC(NC(=O)OC(C)(C)C)C3)ccc21. The zero-order valence-corrected chi connectivity index (χ0v) is 21.4. The first-order chi connectivity index (χ1) is 16.2. The van der Waals surface area contributed by atoms with E-state index >= 15 is 0 Å². The molecule has 0 spiro atoms. The van der Waals surface area contributed by atoms with Crippen LogP contribution in [0.1, 0.15) is 45.6 Å². The lowest BCUT2D eigenvalue weighted by Crippen LogP contribution is -2.48. The number of carbonyl (C=O) groups excluding carboxylic acids is 1. The van der Waals surface area contributed by atoms with E-state index in [-0.39, 0.29) is 12.1 Å². The number of para-hydroxylation sites is 1. The Morgan fingerprint density at radius 1 is 1.12 bits per heavy atom. The summed E-state index contributed by atoms with van der Waals surface area (Å²) in [7, 11) is 4.26. The molecule has 1 N–H and O–H groups in total. The number of ether oxygens (including phenoxy) is 1. The van der Waals surface area contributed by atoms with Crippen LogP contribution in [0.15, 0.2) is 42.5 Å². The lowest BCUT2D eigenvalue weighted by Gasteiger charge is -2.33. The molecule has 1 aromatic heterocycles. The molecule has 0 saturated carbocycles. The monoisotopic (exact) mass is 464 g/mol. The molecule has 34 heavy (non-hydrogen) atoms. The molecule has 1 aliphatic rings. The molecule has 1 aliphatic heterocycles. The number of nitrogens with one attached hydrogen (secondary N) is 1. The normalized spacial score (nSPS) is 17.5. The summed E-state index contributed by atoms with van der Waals surface area (Å²) in [5.41, 5.74) is 3.47. The average Bonchev–Trinajstić information content (AvgIpc) is 3.06. The van der Waals surface area contributed by atoms with Gasteiger partial charge < -0.3 is 19.5 Å². The van der Waals surface area contributed by atoms with Crippen molar-refractivity contribution in [2.24, 2.45) is 0 Å². The smallest absolute Gasteiger partial charge is 0.407 e. The maximum absolute atomic E-state index is 12.2. The highest BCUT2D eigenvalue weighted by molar-refractivity contribution is 6.08. The Morgan fingerprint density at radius 2 is 1.88 bits per heavy atom. The average molecular weight is 465 g/mol. The van der Waals surface area contributed by atoms with E-state index in [1.54, 1.807) is 0 Å². The summed E-state index contributed by atoms with van der Waals surface area (Å²) >= 11 is 0. The molecule has 2 aromatic carbocycles. The highest BCUT2D eigenvalue weighted by atomic mass is 16.6. The molecule has 2 heterocycles. The second-order valence-corrected chi connectivity index (χ2v) is 10.9. The van der Waals surface area contributed by atoms with E-state index in [9.17, 15) is 4.79 Å². The Bertz CT molecular complexity index is 1130. The number of benzene rings is 2. The largest absolute Gasteiger partial charge is 0.444 e. The summed E-state index contributed by atoms with van der Waals surface area (Å²) in [6, 6.07) is 15.8. The summed E-state index contributed by atoms with van der Waals surface area (Å²) in [5, 5.41) is 5.72. The van der Waals surface area contributed by atoms with Gasteiger partial charge in [-0.3, -0.25) is 4.90 Å². The number of nitrogens with zero attached hydrogens (tertiary/aromatic N) is 3. The van der Waals surface area contributed by atoms with E-state index in [2.05, 4.69) is 76.2 Å². The molecule has 1 unspecified atom stereocenters. The minimum atomic E-state index is -0.473. The van der Waals surface area contributed by atoms with E-state index in [0.29, 0.717) is 0 Å². The maximum atomic E-state index is 12.2. The van der Waals surface area contributed by atoms with Gasteiger partial charge in [0, 0.05) is 47.5 Å². The molecular weight excluding hydrogens is 424 g/mol. The van der Waals surface area contributed by atoms with Crippen LogP contribution in [0.3, 0.4) is 0 Å². The van der Waals surface area contributed by atoms with Crippen molar-refractivity contribution < 1.29 is 9.53 Å². The number of hydrogen-bond acceptors (Lipinski definition) is 4. The van der Waals surface area contributed by atoms with Crippen molar-refractivity contribution in [3.63, 3.8) is 0 Å². The van der Waals surface area contributed by atoms with Gasteiger partial charge in [0.15, 0.2) is 0 Å². The van der Waals surface area contributed by atoms with Crippen molar-refractivity contribution >= 4 is 27.9 Å². The zero-order valence-electron chi connectivity index (χ0n) is 21.4. The third-order valence-electron chi connectivity index (χ3n) is 6.46. The minimum absolute atomic E-state index is 0.131. The molecule has 6 heteroatoms. The van der Waals surface area contributed by atoms with E-state index in [1.807, 2.05) is 20.8 Å². The van der Waals surface area contributed by atoms with Crippen molar-refractivity contribution in [2.45, 2.75) is 64.8 Å². The number of aromatic nitrogens is 1. The van der Waals surface area contributed by atoms with Crippen molar-refractivity contribution in [3.8, 4) is 0 Å². The number of rotatable bonds is 7. The van der Waals surface area contributed by atoms with Gasteiger partial charge in [0.1, 0.15) is 5.60 Å². The Labute approximate surface area is 203 Å². The molecule has 0 bridgehead atoms. The van der Waals surface area contributed by atoms with Gasteiger partial charge >= 0.3 is 6.09 Å². The van der Waals surface area contributed by atoms with Gasteiger partial charge in [-0.1, -0.05) is 24.3 Å². The quantitative estimate of drug-likeness (QED) is 0.520. The van der Waals surface area contributed by atoms with Gasteiger partial charge in [-0.25, -0.2) is 4.79 Å². The number of alkyl carbamates (subject to hydrolysis) is 1. The number of piperidine rings is 1. The number of likely N-dealkylation sites (tertiary alicyclic amines) is 1. The van der Waals surface area contributed by atoms with Gasteiger partial charge in [-0.2, -0.15) is 0 Å².